The van der Waals surface area contributed by atoms with Crippen molar-refractivity contribution in [2.24, 2.45) is 0 Å². The van der Waals surface area contributed by atoms with Crippen molar-refractivity contribution in [3.63, 3.8) is 0 Å². The van der Waals surface area contributed by atoms with E-state index in [1.54, 1.807) is 19.4 Å². The number of oxazole rings is 1. The third kappa shape index (κ3) is 0.899. The Morgan fingerprint density at radius 2 is 2.18 bits per heavy atom. The minimum absolute atomic E-state index is 0.436. The maximum atomic E-state index is 5.12. The molecule has 0 atom stereocenters. The molecule has 2 heterocycles. The van der Waals surface area contributed by atoms with Crippen LogP contribution in [-0.2, 0) is 0 Å². The van der Waals surface area contributed by atoms with Gasteiger partial charge in [0.1, 0.15) is 0 Å². The second-order valence-corrected chi connectivity index (χ2v) is 1.95. The molecule has 0 aliphatic rings. The molecule has 0 radical (unpaired) electrons. The number of anilines is 1. The number of nitrogens with one attached hydrogen (secondary N) is 1. The van der Waals surface area contributed by atoms with E-state index in [1.165, 1.54) is 0 Å². The first kappa shape index (κ1) is 6.09. The fourth-order valence-corrected chi connectivity index (χ4v) is 0.784. The van der Waals surface area contributed by atoms with Crippen LogP contribution in [0.25, 0.3) is 11.4 Å². The fourth-order valence-electron chi connectivity index (χ4n) is 0.784. The highest BCUT2D eigenvalue weighted by Crippen LogP contribution is 2.12. The molecule has 0 saturated heterocycles. The lowest BCUT2D eigenvalue weighted by atomic mass is 10.7. The normalized spacial score (nSPS) is 10.3. The summed E-state index contributed by atoms with van der Waals surface area (Å²) in [7, 11) is 1.73. The van der Waals surface area contributed by atoms with E-state index in [4.69, 9.17) is 4.42 Å². The van der Waals surface area contributed by atoms with Crippen LogP contribution in [0.5, 0.6) is 0 Å². The molecule has 2 aromatic heterocycles. The summed E-state index contributed by atoms with van der Waals surface area (Å²) < 4.78 is 5.12. The molecular formula is C6H6N4O. The van der Waals surface area contributed by atoms with E-state index in [2.05, 4.69) is 20.3 Å². The van der Waals surface area contributed by atoms with Crippen molar-refractivity contribution >= 4 is 17.4 Å². The summed E-state index contributed by atoms with van der Waals surface area (Å²) in [5.74, 6) is 0. The van der Waals surface area contributed by atoms with Crippen LogP contribution >= 0.6 is 0 Å². The van der Waals surface area contributed by atoms with Crippen LogP contribution in [0.15, 0.2) is 16.8 Å². The topological polar surface area (TPSA) is 63.8 Å². The highest BCUT2D eigenvalue weighted by Gasteiger charge is 2.03. The van der Waals surface area contributed by atoms with E-state index in [0.717, 1.165) is 0 Å². The summed E-state index contributed by atoms with van der Waals surface area (Å²) in [6, 6.07) is 0.436. The summed E-state index contributed by atoms with van der Waals surface area (Å²) in [4.78, 5) is 11.8. The number of fused-ring (bicyclic) bond motifs is 1. The van der Waals surface area contributed by atoms with Crippen LogP contribution < -0.4 is 5.32 Å². The Morgan fingerprint density at radius 3 is 2.91 bits per heavy atom. The Kier molecular flexibility index (Phi) is 1.21. The zero-order valence-corrected chi connectivity index (χ0v) is 5.90. The monoisotopic (exact) mass is 150 g/mol. The van der Waals surface area contributed by atoms with E-state index in [9.17, 15) is 0 Å². The zero-order chi connectivity index (χ0) is 7.68. The van der Waals surface area contributed by atoms with Gasteiger partial charge in [0.05, 0.1) is 0 Å². The molecule has 0 fully saturated rings. The molecule has 2 aromatic rings. The van der Waals surface area contributed by atoms with Crippen LogP contribution in [0.2, 0.25) is 0 Å². The van der Waals surface area contributed by atoms with Crippen molar-refractivity contribution in [3.8, 4) is 0 Å². The summed E-state index contributed by atoms with van der Waals surface area (Å²) in [6.07, 6.45) is 3.14. The van der Waals surface area contributed by atoms with Gasteiger partial charge in [-0.3, -0.25) is 0 Å². The van der Waals surface area contributed by atoms with E-state index in [0.29, 0.717) is 17.4 Å². The Balaban J connectivity index is 2.69. The van der Waals surface area contributed by atoms with Gasteiger partial charge in [0.15, 0.2) is 0 Å². The van der Waals surface area contributed by atoms with Gasteiger partial charge in [0.25, 0.3) is 11.7 Å². The van der Waals surface area contributed by atoms with Crippen molar-refractivity contribution in [3.05, 3.63) is 12.4 Å². The van der Waals surface area contributed by atoms with Gasteiger partial charge < -0.3 is 9.73 Å². The molecule has 0 spiro atoms. The Bertz CT molecular complexity index is 336. The lowest BCUT2D eigenvalue weighted by Gasteiger charge is -1.83. The molecule has 0 bridgehead atoms. The summed E-state index contributed by atoms with van der Waals surface area (Å²) in [5, 5.41) is 2.76. The molecule has 1 N–H and O–H groups in total. The predicted molar refractivity (Wildman–Crippen MR) is 39.1 cm³/mol. The minimum atomic E-state index is 0.436. The first-order chi connectivity index (χ1) is 5.40. The standard InChI is InChI=1S/C6H6N4O/c1-7-6-10-4-5(11-6)9-3-2-8-4/h2-3H,1H3,(H,7,8,10). The average Bonchev–Trinajstić information content (AvgIpc) is 2.46. The molecule has 0 aliphatic carbocycles. The first-order valence-corrected chi connectivity index (χ1v) is 3.15. The molecule has 5 nitrogen and oxygen atoms in total. The quantitative estimate of drug-likeness (QED) is 0.646. The number of aromatic nitrogens is 3. The Morgan fingerprint density at radius 1 is 1.36 bits per heavy atom. The van der Waals surface area contributed by atoms with Crippen molar-refractivity contribution in [2.45, 2.75) is 0 Å². The van der Waals surface area contributed by atoms with Crippen molar-refractivity contribution in [1.82, 2.24) is 15.0 Å². The molecule has 0 aliphatic heterocycles. The van der Waals surface area contributed by atoms with Gasteiger partial charge in [-0.05, 0) is 0 Å². The van der Waals surface area contributed by atoms with Crippen LogP contribution in [0.1, 0.15) is 0 Å². The molecule has 0 saturated carbocycles. The van der Waals surface area contributed by atoms with Crippen LogP contribution in [-0.4, -0.2) is 22.0 Å². The van der Waals surface area contributed by atoms with Gasteiger partial charge in [-0.25, -0.2) is 9.97 Å². The van der Waals surface area contributed by atoms with Crippen LogP contribution in [0, 0.1) is 0 Å². The number of nitrogens with zero attached hydrogens (tertiary/aromatic N) is 3. The molecule has 0 amide bonds. The summed E-state index contributed by atoms with van der Waals surface area (Å²) in [6.45, 7) is 0. The number of hydrogen-bond donors (Lipinski definition) is 1. The fraction of sp³-hybridized carbons (Fsp3) is 0.167. The molecule has 11 heavy (non-hydrogen) atoms. The molecule has 56 valence electrons. The van der Waals surface area contributed by atoms with Gasteiger partial charge in [-0.2, -0.15) is 4.98 Å². The highest BCUT2D eigenvalue weighted by atomic mass is 16.4. The molecule has 5 heteroatoms. The first-order valence-electron chi connectivity index (χ1n) is 3.15. The van der Waals surface area contributed by atoms with Crippen LogP contribution in [0.4, 0.5) is 6.01 Å². The van der Waals surface area contributed by atoms with Crippen molar-refractivity contribution in [2.75, 3.05) is 12.4 Å². The zero-order valence-electron chi connectivity index (χ0n) is 5.90. The van der Waals surface area contributed by atoms with Crippen LogP contribution in [0.3, 0.4) is 0 Å². The minimum Gasteiger partial charge on any atom is -0.403 e. The predicted octanol–water partition coefficient (Wildman–Crippen LogP) is 0.659. The van der Waals surface area contributed by atoms with Gasteiger partial charge in [-0.1, -0.05) is 0 Å². The molecular weight excluding hydrogens is 144 g/mol. The molecule has 0 aromatic carbocycles. The maximum absolute atomic E-state index is 5.12. The second-order valence-electron chi connectivity index (χ2n) is 1.95. The van der Waals surface area contributed by atoms with Gasteiger partial charge in [-0.15, -0.1) is 0 Å². The third-order valence-corrected chi connectivity index (χ3v) is 1.26. The Labute approximate surface area is 62.5 Å². The molecule has 0 unspecified atom stereocenters. The van der Waals surface area contributed by atoms with E-state index >= 15 is 0 Å². The van der Waals surface area contributed by atoms with E-state index in [1.807, 2.05) is 0 Å². The second kappa shape index (κ2) is 2.19. The average molecular weight is 150 g/mol. The van der Waals surface area contributed by atoms with E-state index in [-0.39, 0.29) is 0 Å². The molecule has 2 rings (SSSR count). The smallest absolute Gasteiger partial charge is 0.298 e. The van der Waals surface area contributed by atoms with Crippen molar-refractivity contribution in [1.29, 1.82) is 0 Å². The largest absolute Gasteiger partial charge is 0.403 e. The van der Waals surface area contributed by atoms with Gasteiger partial charge >= 0.3 is 0 Å². The third-order valence-electron chi connectivity index (χ3n) is 1.26. The summed E-state index contributed by atoms with van der Waals surface area (Å²) >= 11 is 0. The summed E-state index contributed by atoms with van der Waals surface area (Å²) in [5.41, 5.74) is 0.980. The SMILES string of the molecule is CNc1nc2nccnc2o1. The Hall–Kier alpha value is -1.65. The lowest BCUT2D eigenvalue weighted by Crippen LogP contribution is -1.85. The van der Waals surface area contributed by atoms with E-state index < -0.39 is 0 Å². The highest BCUT2D eigenvalue weighted by molar-refractivity contribution is 5.64. The van der Waals surface area contributed by atoms with Crippen molar-refractivity contribution < 1.29 is 4.42 Å². The maximum Gasteiger partial charge on any atom is 0.298 e. The lowest BCUT2D eigenvalue weighted by molar-refractivity contribution is 0.608. The van der Waals surface area contributed by atoms with Gasteiger partial charge in [0, 0.05) is 19.4 Å². The van der Waals surface area contributed by atoms with Gasteiger partial charge in [0.2, 0.25) is 5.65 Å². The number of rotatable bonds is 1. The number of hydrogen-bond acceptors (Lipinski definition) is 5.